The molecule has 0 radical (unpaired) electrons. The molecule has 2 N–H and O–H groups in total. The minimum Gasteiger partial charge on any atom is -0.496 e. The fourth-order valence-electron chi connectivity index (χ4n) is 2.08. The van der Waals surface area contributed by atoms with Gasteiger partial charge < -0.3 is 4.74 Å². The molecule has 116 valence electrons. The average molecular weight is 325 g/mol. The number of hydrazine groups is 1. The van der Waals surface area contributed by atoms with Gasteiger partial charge in [-0.05, 0) is 12.1 Å². The number of rotatable bonds is 5. The molecule has 0 aliphatic carbocycles. The number of nitrogens with zero attached hydrogens (tertiary/aromatic N) is 1. The molecule has 0 spiro atoms. The third-order valence-corrected chi connectivity index (χ3v) is 3.97. The highest BCUT2D eigenvalue weighted by Crippen LogP contribution is 2.24. The number of nitrogens with one attached hydrogen (secondary N) is 2. The number of amides is 1. The molecular weight excluding hydrogens is 310 g/mol. The molecule has 0 saturated carbocycles. The second-order valence-electron chi connectivity index (χ2n) is 4.68. The molecule has 2 aromatic carbocycles. The van der Waals surface area contributed by atoms with Crippen molar-refractivity contribution in [3.05, 3.63) is 65.5 Å². The number of anilines is 1. The van der Waals surface area contributed by atoms with Gasteiger partial charge in [-0.1, -0.05) is 42.5 Å². The lowest BCUT2D eigenvalue weighted by Gasteiger charge is -2.09. The number of hydrogen-bond acceptors (Lipinski definition) is 5. The quantitative estimate of drug-likeness (QED) is 0.704. The maximum absolute atomic E-state index is 12.2. The third-order valence-electron chi connectivity index (χ3n) is 3.21. The second kappa shape index (κ2) is 6.93. The van der Waals surface area contributed by atoms with Gasteiger partial charge in [0.25, 0.3) is 5.91 Å². The van der Waals surface area contributed by atoms with Gasteiger partial charge in [-0.25, -0.2) is 4.98 Å². The van der Waals surface area contributed by atoms with Gasteiger partial charge in [0.05, 0.1) is 18.4 Å². The first-order chi connectivity index (χ1) is 11.3. The lowest BCUT2D eigenvalue weighted by molar-refractivity contribution is 0.0959. The van der Waals surface area contributed by atoms with E-state index >= 15 is 0 Å². The van der Waals surface area contributed by atoms with Crippen LogP contribution in [-0.2, 0) is 0 Å². The Morgan fingerprint density at radius 1 is 1.09 bits per heavy atom. The number of para-hydroxylation sites is 1. The molecule has 0 unspecified atom stereocenters. The maximum atomic E-state index is 12.2. The van der Waals surface area contributed by atoms with Crippen LogP contribution in [0.1, 0.15) is 10.4 Å². The van der Waals surface area contributed by atoms with E-state index in [1.807, 2.05) is 41.8 Å². The Hall–Kier alpha value is -2.86. The molecule has 23 heavy (non-hydrogen) atoms. The summed E-state index contributed by atoms with van der Waals surface area (Å²) in [4.78, 5) is 16.6. The van der Waals surface area contributed by atoms with Crippen molar-refractivity contribution in [2.24, 2.45) is 0 Å². The number of carbonyl (C=O) groups excluding carboxylic acids is 1. The predicted molar refractivity (Wildman–Crippen MR) is 91.6 cm³/mol. The molecule has 0 aliphatic heterocycles. The third kappa shape index (κ3) is 3.49. The summed E-state index contributed by atoms with van der Waals surface area (Å²) >= 11 is 1.42. The molecule has 3 rings (SSSR count). The van der Waals surface area contributed by atoms with Crippen molar-refractivity contribution in [1.82, 2.24) is 10.4 Å². The maximum Gasteiger partial charge on any atom is 0.273 e. The van der Waals surface area contributed by atoms with Gasteiger partial charge in [-0.2, -0.15) is 0 Å². The molecule has 0 saturated heterocycles. The number of carbonyl (C=O) groups is 1. The van der Waals surface area contributed by atoms with Crippen LogP contribution in [0.4, 0.5) is 5.13 Å². The number of thiazole rings is 1. The first kappa shape index (κ1) is 15.1. The fraction of sp³-hybridized carbons (Fsp3) is 0.0588. The van der Waals surface area contributed by atoms with E-state index < -0.39 is 0 Å². The molecule has 6 heteroatoms. The summed E-state index contributed by atoms with van der Waals surface area (Å²) in [6, 6.07) is 16.9. The van der Waals surface area contributed by atoms with Crippen LogP contribution in [0.3, 0.4) is 0 Å². The van der Waals surface area contributed by atoms with Crippen LogP contribution in [0.2, 0.25) is 0 Å². The normalized spacial score (nSPS) is 10.1. The van der Waals surface area contributed by atoms with Gasteiger partial charge in [0.2, 0.25) is 5.13 Å². The summed E-state index contributed by atoms with van der Waals surface area (Å²) in [6.45, 7) is 0. The van der Waals surface area contributed by atoms with Gasteiger partial charge in [0.15, 0.2) is 0 Å². The molecule has 1 heterocycles. The predicted octanol–water partition coefficient (Wildman–Crippen LogP) is 3.58. The van der Waals surface area contributed by atoms with Crippen LogP contribution >= 0.6 is 11.3 Å². The number of benzene rings is 2. The summed E-state index contributed by atoms with van der Waals surface area (Å²) in [7, 11) is 1.53. The van der Waals surface area contributed by atoms with E-state index in [1.165, 1.54) is 18.4 Å². The summed E-state index contributed by atoms with van der Waals surface area (Å²) in [5.41, 5.74) is 7.83. The Kier molecular flexibility index (Phi) is 4.54. The van der Waals surface area contributed by atoms with E-state index in [1.54, 1.807) is 18.2 Å². The van der Waals surface area contributed by atoms with Crippen LogP contribution in [0.15, 0.2) is 60.0 Å². The highest BCUT2D eigenvalue weighted by Gasteiger charge is 2.11. The van der Waals surface area contributed by atoms with Crippen LogP contribution in [-0.4, -0.2) is 18.0 Å². The SMILES string of the molecule is COc1ccccc1C(=O)NNc1nc(-c2ccccc2)cs1. The molecule has 5 nitrogen and oxygen atoms in total. The molecule has 3 aromatic rings. The van der Waals surface area contributed by atoms with Crippen molar-refractivity contribution in [3.8, 4) is 17.0 Å². The fourth-order valence-corrected chi connectivity index (χ4v) is 2.76. The molecule has 1 amide bonds. The van der Waals surface area contributed by atoms with Gasteiger partial charge in [-0.3, -0.25) is 15.6 Å². The Balaban J connectivity index is 1.67. The van der Waals surface area contributed by atoms with Crippen LogP contribution in [0.5, 0.6) is 5.75 Å². The Labute approximate surface area is 137 Å². The molecule has 0 aliphatic rings. The number of hydrogen-bond donors (Lipinski definition) is 2. The van der Waals surface area contributed by atoms with E-state index in [-0.39, 0.29) is 5.91 Å². The molecular formula is C17H15N3O2S. The van der Waals surface area contributed by atoms with E-state index in [0.717, 1.165) is 11.3 Å². The Morgan fingerprint density at radius 2 is 1.83 bits per heavy atom. The summed E-state index contributed by atoms with van der Waals surface area (Å²) in [5, 5.41) is 2.56. The minimum absolute atomic E-state index is 0.279. The number of methoxy groups -OCH3 is 1. The van der Waals surface area contributed by atoms with E-state index in [0.29, 0.717) is 16.4 Å². The average Bonchev–Trinajstić information content (AvgIpc) is 3.09. The first-order valence-electron chi connectivity index (χ1n) is 6.98. The van der Waals surface area contributed by atoms with Crippen LogP contribution in [0.25, 0.3) is 11.3 Å². The van der Waals surface area contributed by atoms with E-state index in [9.17, 15) is 4.79 Å². The van der Waals surface area contributed by atoms with E-state index in [4.69, 9.17) is 4.74 Å². The zero-order valence-electron chi connectivity index (χ0n) is 12.4. The minimum atomic E-state index is -0.279. The van der Waals surface area contributed by atoms with Crippen molar-refractivity contribution in [3.63, 3.8) is 0 Å². The smallest absolute Gasteiger partial charge is 0.273 e. The molecule has 1 aromatic heterocycles. The molecule has 0 bridgehead atoms. The van der Waals surface area contributed by atoms with Gasteiger partial charge in [0.1, 0.15) is 5.75 Å². The van der Waals surface area contributed by atoms with Crippen molar-refractivity contribution < 1.29 is 9.53 Å². The lowest BCUT2D eigenvalue weighted by atomic mass is 10.2. The largest absolute Gasteiger partial charge is 0.496 e. The topological polar surface area (TPSA) is 63.2 Å². The number of ether oxygens (including phenoxy) is 1. The highest BCUT2D eigenvalue weighted by atomic mass is 32.1. The van der Waals surface area contributed by atoms with E-state index in [2.05, 4.69) is 15.8 Å². The van der Waals surface area contributed by atoms with Crippen LogP contribution < -0.4 is 15.6 Å². The number of aromatic nitrogens is 1. The summed E-state index contributed by atoms with van der Waals surface area (Å²) < 4.78 is 5.18. The van der Waals surface area contributed by atoms with Gasteiger partial charge >= 0.3 is 0 Å². The zero-order chi connectivity index (χ0) is 16.1. The lowest BCUT2D eigenvalue weighted by Crippen LogP contribution is -2.29. The van der Waals surface area contributed by atoms with Crippen LogP contribution in [0, 0.1) is 0 Å². The zero-order valence-corrected chi connectivity index (χ0v) is 13.3. The Morgan fingerprint density at radius 3 is 2.61 bits per heavy atom. The Bertz CT molecular complexity index is 802. The van der Waals surface area contributed by atoms with Gasteiger partial charge in [-0.15, -0.1) is 11.3 Å². The second-order valence-corrected chi connectivity index (χ2v) is 5.54. The summed E-state index contributed by atoms with van der Waals surface area (Å²) in [5.74, 6) is 0.245. The first-order valence-corrected chi connectivity index (χ1v) is 7.86. The van der Waals surface area contributed by atoms with Crippen molar-refractivity contribution in [2.45, 2.75) is 0 Å². The van der Waals surface area contributed by atoms with Crippen molar-refractivity contribution >= 4 is 22.4 Å². The van der Waals surface area contributed by atoms with Gasteiger partial charge in [0, 0.05) is 10.9 Å². The highest BCUT2D eigenvalue weighted by molar-refractivity contribution is 7.14. The van der Waals surface area contributed by atoms with Crippen molar-refractivity contribution in [1.29, 1.82) is 0 Å². The van der Waals surface area contributed by atoms with Crippen molar-refractivity contribution in [2.75, 3.05) is 12.5 Å². The molecule has 0 atom stereocenters. The summed E-state index contributed by atoms with van der Waals surface area (Å²) in [6.07, 6.45) is 0. The molecule has 0 fully saturated rings. The monoisotopic (exact) mass is 325 g/mol. The standard InChI is InChI=1S/C17H15N3O2S/c1-22-15-10-6-5-9-13(15)16(21)19-20-17-18-14(11-23-17)12-7-3-2-4-8-12/h2-11H,1H3,(H,18,20)(H,19,21).